The number of unbranched alkanes of at least 4 members (excludes halogenated alkanes) is 2. The minimum absolute atomic E-state index is 0.329. The molecule has 1 aliphatic heterocycles. The number of hydrogen-bond donors (Lipinski definition) is 2. The molecule has 0 aromatic heterocycles. The summed E-state index contributed by atoms with van der Waals surface area (Å²) in [6, 6.07) is 5.23. The highest BCUT2D eigenvalue weighted by atomic mass is 79.9. The molecule has 24 heavy (non-hydrogen) atoms. The molecule has 1 aromatic carbocycles. The van der Waals surface area contributed by atoms with Crippen molar-refractivity contribution in [2.24, 2.45) is 0 Å². The van der Waals surface area contributed by atoms with E-state index in [0.717, 1.165) is 29.3 Å². The number of piperidine rings is 1. The first-order chi connectivity index (χ1) is 11.5. The number of amides is 1. The third-order valence-electron chi connectivity index (χ3n) is 4.22. The van der Waals surface area contributed by atoms with Crippen LogP contribution in [0.1, 0.15) is 43.7 Å². The first-order valence-electron chi connectivity index (χ1n) is 8.23. The minimum Gasteiger partial charge on any atom is -0.493 e. The van der Waals surface area contributed by atoms with Crippen LogP contribution in [-0.2, 0) is 0 Å². The van der Waals surface area contributed by atoms with Gasteiger partial charge in [0.1, 0.15) is 5.75 Å². The number of likely N-dealkylation sites (tertiary alicyclic amines) is 1. The molecular weight excluding hydrogens is 374 g/mol. The summed E-state index contributed by atoms with van der Waals surface area (Å²) in [5, 5.41) is 19.4. The van der Waals surface area contributed by atoms with Crippen molar-refractivity contribution in [1.82, 2.24) is 4.90 Å². The van der Waals surface area contributed by atoms with E-state index in [4.69, 9.17) is 4.74 Å². The van der Waals surface area contributed by atoms with Gasteiger partial charge in [-0.05, 0) is 44.2 Å². The number of carboxylic acid groups (broad SMARTS) is 1. The van der Waals surface area contributed by atoms with Crippen molar-refractivity contribution in [3.05, 3.63) is 40.9 Å². The van der Waals surface area contributed by atoms with Gasteiger partial charge in [-0.25, -0.2) is 4.79 Å². The van der Waals surface area contributed by atoms with Crippen LogP contribution in [0.4, 0.5) is 4.79 Å². The number of nitrogens with zero attached hydrogens (tertiary/aromatic N) is 1. The zero-order valence-electron chi connectivity index (χ0n) is 13.7. The van der Waals surface area contributed by atoms with E-state index in [2.05, 4.69) is 22.5 Å². The van der Waals surface area contributed by atoms with Crippen LogP contribution in [0, 0.1) is 0 Å². The first kappa shape index (κ1) is 18.8. The topological polar surface area (TPSA) is 70.0 Å². The zero-order chi connectivity index (χ0) is 17.5. The Kier molecular flexibility index (Phi) is 7.12. The van der Waals surface area contributed by atoms with E-state index >= 15 is 0 Å². The maximum atomic E-state index is 11.5. The quantitative estimate of drug-likeness (QED) is 0.529. The molecule has 2 N–H and O–H groups in total. The summed E-state index contributed by atoms with van der Waals surface area (Å²) in [6.07, 6.45) is 4.16. The highest BCUT2D eigenvalue weighted by Gasteiger charge is 2.33. The first-order valence-corrected chi connectivity index (χ1v) is 9.03. The van der Waals surface area contributed by atoms with Crippen LogP contribution in [0.25, 0.3) is 0 Å². The summed E-state index contributed by atoms with van der Waals surface area (Å²) in [4.78, 5) is 12.9. The average Bonchev–Trinajstić information content (AvgIpc) is 2.54. The molecule has 0 saturated carbocycles. The number of benzene rings is 1. The Bertz CT molecular complexity index is 578. The van der Waals surface area contributed by atoms with Crippen molar-refractivity contribution in [3.8, 4) is 5.75 Å². The van der Waals surface area contributed by atoms with Crippen molar-refractivity contribution in [2.75, 3.05) is 13.2 Å². The van der Waals surface area contributed by atoms with Gasteiger partial charge in [-0.3, -0.25) is 0 Å². The Balaban J connectivity index is 2.17. The Morgan fingerprint density at radius 1 is 1.46 bits per heavy atom. The van der Waals surface area contributed by atoms with Gasteiger partial charge in [-0.15, -0.1) is 6.58 Å². The Labute approximate surface area is 151 Å². The molecule has 1 heterocycles. The van der Waals surface area contributed by atoms with Gasteiger partial charge < -0.3 is 19.8 Å². The maximum absolute atomic E-state index is 11.5. The molecule has 1 amide bonds. The molecule has 1 unspecified atom stereocenters. The smallest absolute Gasteiger partial charge is 0.407 e. The molecule has 1 aliphatic rings. The van der Waals surface area contributed by atoms with Crippen LogP contribution in [0.2, 0.25) is 0 Å². The van der Waals surface area contributed by atoms with E-state index in [0.29, 0.717) is 31.7 Å². The predicted molar refractivity (Wildman–Crippen MR) is 96.4 cm³/mol. The Hall–Kier alpha value is -1.53. The van der Waals surface area contributed by atoms with Gasteiger partial charge in [-0.1, -0.05) is 28.1 Å². The van der Waals surface area contributed by atoms with Crippen LogP contribution < -0.4 is 4.74 Å². The lowest BCUT2D eigenvalue weighted by Gasteiger charge is -2.36. The number of allylic oxidation sites excluding steroid dienone is 1. The number of aliphatic hydroxyl groups is 1. The van der Waals surface area contributed by atoms with Gasteiger partial charge in [0.15, 0.2) is 0 Å². The zero-order valence-corrected chi connectivity index (χ0v) is 15.2. The van der Waals surface area contributed by atoms with E-state index in [1.54, 1.807) is 0 Å². The Morgan fingerprint density at radius 2 is 2.25 bits per heavy atom. The summed E-state index contributed by atoms with van der Waals surface area (Å²) in [7, 11) is 0. The lowest BCUT2D eigenvalue weighted by atomic mass is 9.93. The summed E-state index contributed by atoms with van der Waals surface area (Å²) >= 11 is 3.44. The fraction of sp³-hybridized carbons (Fsp3) is 0.500. The molecular formula is C18H24BrNO4. The monoisotopic (exact) mass is 397 g/mol. The van der Waals surface area contributed by atoms with Crippen molar-refractivity contribution in [3.63, 3.8) is 0 Å². The fourth-order valence-corrected chi connectivity index (χ4v) is 3.29. The lowest BCUT2D eigenvalue weighted by molar-refractivity contribution is 0.0415. The molecule has 2 atom stereocenters. The van der Waals surface area contributed by atoms with Crippen LogP contribution in [0.5, 0.6) is 5.75 Å². The second-order valence-electron chi connectivity index (χ2n) is 5.99. The summed E-state index contributed by atoms with van der Waals surface area (Å²) in [5.41, 5.74) is 0.808. The number of ether oxygens (including phenoxy) is 1. The molecule has 2 rings (SSSR count). The molecule has 1 fully saturated rings. The molecule has 1 saturated heterocycles. The highest BCUT2D eigenvalue weighted by Crippen LogP contribution is 2.37. The van der Waals surface area contributed by atoms with E-state index in [9.17, 15) is 15.0 Å². The molecule has 5 nitrogen and oxygen atoms in total. The molecule has 0 spiro atoms. The van der Waals surface area contributed by atoms with Crippen LogP contribution >= 0.6 is 15.9 Å². The lowest BCUT2D eigenvalue weighted by Crippen LogP contribution is -2.42. The second kappa shape index (κ2) is 9.08. The van der Waals surface area contributed by atoms with Gasteiger partial charge in [0.25, 0.3) is 0 Å². The third kappa shape index (κ3) is 4.98. The average molecular weight is 398 g/mol. The second-order valence-corrected chi connectivity index (χ2v) is 6.90. The van der Waals surface area contributed by atoms with Gasteiger partial charge in [0.05, 0.1) is 18.8 Å². The summed E-state index contributed by atoms with van der Waals surface area (Å²) < 4.78 is 6.80. The van der Waals surface area contributed by atoms with Gasteiger partial charge >= 0.3 is 6.09 Å². The van der Waals surface area contributed by atoms with Crippen molar-refractivity contribution in [1.29, 1.82) is 0 Å². The van der Waals surface area contributed by atoms with E-state index in [-0.39, 0.29) is 6.04 Å². The van der Waals surface area contributed by atoms with Gasteiger partial charge in [0, 0.05) is 16.6 Å². The van der Waals surface area contributed by atoms with Crippen LogP contribution in [0.15, 0.2) is 35.3 Å². The molecule has 6 heteroatoms. The Morgan fingerprint density at radius 3 is 2.96 bits per heavy atom. The van der Waals surface area contributed by atoms with Crippen LogP contribution in [0.3, 0.4) is 0 Å². The number of hydrogen-bond acceptors (Lipinski definition) is 3. The summed E-state index contributed by atoms with van der Waals surface area (Å²) in [5.74, 6) is 0.674. The number of carbonyl (C=O) groups is 1. The van der Waals surface area contributed by atoms with E-state index in [1.165, 1.54) is 4.90 Å². The SMILES string of the molecule is C=CCCCCOc1cc(Br)ccc1[C@@H]1CC(O)CCN1C(=O)O. The van der Waals surface area contributed by atoms with Crippen molar-refractivity contribution in [2.45, 2.75) is 44.2 Å². The molecule has 0 bridgehead atoms. The molecule has 132 valence electrons. The largest absolute Gasteiger partial charge is 0.493 e. The van der Waals surface area contributed by atoms with Gasteiger partial charge in [-0.2, -0.15) is 0 Å². The highest BCUT2D eigenvalue weighted by molar-refractivity contribution is 9.10. The molecule has 0 aliphatic carbocycles. The third-order valence-corrected chi connectivity index (χ3v) is 4.71. The summed E-state index contributed by atoms with van der Waals surface area (Å²) in [6.45, 7) is 4.60. The van der Waals surface area contributed by atoms with Crippen LogP contribution in [-0.4, -0.2) is 40.5 Å². The minimum atomic E-state index is -0.966. The normalized spacial score (nSPS) is 20.7. The molecule has 1 aromatic rings. The predicted octanol–water partition coefficient (Wildman–Crippen LogP) is 4.36. The number of rotatable bonds is 7. The fourth-order valence-electron chi connectivity index (χ4n) is 2.95. The van der Waals surface area contributed by atoms with Crippen molar-refractivity contribution < 1.29 is 19.7 Å². The molecule has 0 radical (unpaired) electrons. The van der Waals surface area contributed by atoms with Gasteiger partial charge in [0.2, 0.25) is 0 Å². The number of halogens is 1. The standard InChI is InChI=1S/C18H24BrNO4/c1-2-3-4-5-10-24-17-11-13(19)6-7-15(17)16-12-14(21)8-9-20(16)18(22)23/h2,6-7,11,14,16,21H,1,3-5,8-10,12H2,(H,22,23)/t14?,16-/m0/s1. The van der Waals surface area contributed by atoms with Crippen molar-refractivity contribution >= 4 is 22.0 Å². The van der Waals surface area contributed by atoms with E-state index < -0.39 is 12.2 Å². The maximum Gasteiger partial charge on any atom is 0.407 e. The van der Waals surface area contributed by atoms with E-state index in [1.807, 2.05) is 24.3 Å². The number of aliphatic hydroxyl groups excluding tert-OH is 1.